The maximum absolute atomic E-state index is 12.8. The molecule has 0 aliphatic carbocycles. The monoisotopic (exact) mass is 478 g/mol. The van der Waals surface area contributed by atoms with Crippen LogP contribution in [0, 0.1) is 0 Å². The molecule has 4 rings (SSSR count). The van der Waals surface area contributed by atoms with Crippen molar-refractivity contribution in [3.63, 3.8) is 0 Å². The van der Waals surface area contributed by atoms with Crippen LogP contribution in [0.15, 0.2) is 59.7 Å². The van der Waals surface area contributed by atoms with Gasteiger partial charge in [-0.15, -0.1) is 0 Å². The number of carbonyl (C=O) groups is 1. The minimum absolute atomic E-state index is 0.149. The van der Waals surface area contributed by atoms with Gasteiger partial charge in [-0.05, 0) is 37.3 Å². The minimum atomic E-state index is -0.413. The van der Waals surface area contributed by atoms with Crippen molar-refractivity contribution in [2.24, 2.45) is 0 Å². The number of rotatable bonds is 8. The fourth-order valence-corrected chi connectivity index (χ4v) is 3.52. The Labute approximate surface area is 200 Å². The summed E-state index contributed by atoms with van der Waals surface area (Å²) >= 11 is 6.43. The van der Waals surface area contributed by atoms with Crippen molar-refractivity contribution in [1.29, 1.82) is 0 Å². The Morgan fingerprint density at radius 1 is 1.18 bits per heavy atom. The van der Waals surface area contributed by atoms with Gasteiger partial charge < -0.3 is 20.4 Å². The van der Waals surface area contributed by atoms with Gasteiger partial charge >= 0.3 is 0 Å². The summed E-state index contributed by atoms with van der Waals surface area (Å²) < 4.78 is 5.80. The summed E-state index contributed by atoms with van der Waals surface area (Å²) in [6.45, 7) is 3.84. The number of hydrogen-bond donors (Lipinski definition) is 3. The van der Waals surface area contributed by atoms with Crippen molar-refractivity contribution in [1.82, 2.24) is 19.9 Å². The van der Waals surface area contributed by atoms with Crippen LogP contribution in [0.2, 0.25) is 5.02 Å². The molecule has 1 atom stereocenters. The molecule has 0 radical (unpaired) electrons. The fourth-order valence-electron chi connectivity index (χ4n) is 3.29. The normalized spacial score (nSPS) is 11.7. The lowest BCUT2D eigenvalue weighted by atomic mass is 10.1. The molecular formula is C24H23ClN6O3. The number of aromatic amines is 1. The maximum Gasteiger partial charge on any atom is 0.253 e. The molecule has 3 N–H and O–H groups in total. The second kappa shape index (κ2) is 10.3. The molecule has 1 aromatic carbocycles. The van der Waals surface area contributed by atoms with Crippen LogP contribution >= 0.6 is 11.6 Å². The number of pyridine rings is 2. The van der Waals surface area contributed by atoms with Crippen LogP contribution in [-0.2, 0) is 11.4 Å². The zero-order chi connectivity index (χ0) is 24.1. The number of benzene rings is 1. The number of H-pyrrole nitrogens is 1. The van der Waals surface area contributed by atoms with E-state index in [0.29, 0.717) is 34.1 Å². The van der Waals surface area contributed by atoms with Gasteiger partial charge in [-0.1, -0.05) is 24.6 Å². The molecule has 10 heteroatoms. The molecule has 3 aromatic heterocycles. The summed E-state index contributed by atoms with van der Waals surface area (Å²) in [6.07, 6.45) is 3.57. The molecule has 0 saturated carbocycles. The fraction of sp³-hybridized carbons (Fsp3) is 0.208. The van der Waals surface area contributed by atoms with Gasteiger partial charge in [0.05, 0.1) is 22.3 Å². The van der Waals surface area contributed by atoms with Gasteiger partial charge in [0, 0.05) is 35.8 Å². The van der Waals surface area contributed by atoms with E-state index >= 15 is 0 Å². The third kappa shape index (κ3) is 5.49. The van der Waals surface area contributed by atoms with Crippen molar-refractivity contribution >= 4 is 40.2 Å². The van der Waals surface area contributed by atoms with Gasteiger partial charge in [0.1, 0.15) is 18.2 Å². The molecule has 9 nitrogen and oxygen atoms in total. The van der Waals surface area contributed by atoms with E-state index in [2.05, 4.69) is 30.6 Å². The van der Waals surface area contributed by atoms with Gasteiger partial charge in [0.2, 0.25) is 11.9 Å². The number of hydrogen-bond acceptors (Lipinski definition) is 7. The zero-order valence-corrected chi connectivity index (χ0v) is 19.4. The summed E-state index contributed by atoms with van der Waals surface area (Å²) in [6, 6.07) is 12.0. The van der Waals surface area contributed by atoms with Crippen LogP contribution in [-0.4, -0.2) is 25.8 Å². The number of halogens is 1. The van der Waals surface area contributed by atoms with Crippen LogP contribution in [0.4, 0.5) is 11.8 Å². The van der Waals surface area contributed by atoms with Crippen LogP contribution in [0.25, 0.3) is 10.9 Å². The second-order valence-corrected chi connectivity index (χ2v) is 7.97. The first kappa shape index (κ1) is 23.2. The molecule has 0 unspecified atom stereocenters. The number of anilines is 2. The third-order valence-corrected chi connectivity index (χ3v) is 5.38. The van der Waals surface area contributed by atoms with E-state index in [1.807, 2.05) is 25.1 Å². The maximum atomic E-state index is 12.8. The summed E-state index contributed by atoms with van der Waals surface area (Å²) in [7, 11) is 0. The van der Waals surface area contributed by atoms with E-state index in [1.54, 1.807) is 37.4 Å². The Kier molecular flexibility index (Phi) is 7.03. The molecule has 0 aliphatic rings. The Hall–Kier alpha value is -3.98. The lowest BCUT2D eigenvalue weighted by molar-refractivity contribution is -0.115. The van der Waals surface area contributed by atoms with E-state index in [0.717, 1.165) is 11.1 Å². The standard InChI is InChI=1S/C24H23ClN6O3/c1-3-22(32)30-21-7-9-27-24(31-21)28-14(2)17-10-15-11-18(25)20(12-19(15)29-23(17)33)34-13-16-6-4-5-8-26-16/h4-12,14H,3,13H2,1-2H3,(H,29,33)(H2,27,28,30,31,32)/t14-/m0/s1. The Bertz CT molecular complexity index is 1380. The number of carbonyl (C=O) groups excluding carboxylic acids is 1. The Balaban J connectivity index is 1.54. The minimum Gasteiger partial charge on any atom is -0.486 e. The highest BCUT2D eigenvalue weighted by atomic mass is 35.5. The number of fused-ring (bicyclic) bond motifs is 1. The number of ether oxygens (including phenoxy) is 1. The summed E-state index contributed by atoms with van der Waals surface area (Å²) in [4.78, 5) is 40.0. The molecule has 1 amide bonds. The molecule has 174 valence electrons. The SMILES string of the molecule is CCC(=O)Nc1ccnc(N[C@@H](C)c2cc3cc(Cl)c(OCc4ccccn4)cc3[nH]c2=O)n1. The quantitative estimate of drug-likeness (QED) is 0.341. The third-order valence-electron chi connectivity index (χ3n) is 5.08. The first-order valence-corrected chi connectivity index (χ1v) is 11.1. The summed E-state index contributed by atoms with van der Waals surface area (Å²) in [5.74, 6) is 0.976. The lowest BCUT2D eigenvalue weighted by Crippen LogP contribution is -2.20. The highest BCUT2D eigenvalue weighted by molar-refractivity contribution is 6.32. The molecule has 3 heterocycles. The average Bonchev–Trinajstić information content (AvgIpc) is 2.83. The van der Waals surface area contributed by atoms with Crippen molar-refractivity contribution in [3.8, 4) is 5.75 Å². The van der Waals surface area contributed by atoms with Gasteiger partial charge in [0.25, 0.3) is 5.56 Å². The number of nitrogens with zero attached hydrogens (tertiary/aromatic N) is 3. The van der Waals surface area contributed by atoms with E-state index in [4.69, 9.17) is 16.3 Å². The molecule has 0 spiro atoms. The topological polar surface area (TPSA) is 122 Å². The Morgan fingerprint density at radius 3 is 2.79 bits per heavy atom. The van der Waals surface area contributed by atoms with E-state index in [9.17, 15) is 9.59 Å². The zero-order valence-electron chi connectivity index (χ0n) is 18.6. The number of aromatic nitrogens is 4. The van der Waals surface area contributed by atoms with Crippen molar-refractivity contribution in [2.45, 2.75) is 32.9 Å². The second-order valence-electron chi connectivity index (χ2n) is 7.57. The Morgan fingerprint density at radius 2 is 2.03 bits per heavy atom. The highest BCUT2D eigenvalue weighted by Gasteiger charge is 2.15. The first-order chi connectivity index (χ1) is 16.4. The van der Waals surface area contributed by atoms with Crippen LogP contribution < -0.4 is 20.9 Å². The first-order valence-electron chi connectivity index (χ1n) is 10.7. The highest BCUT2D eigenvalue weighted by Crippen LogP contribution is 2.30. The molecule has 34 heavy (non-hydrogen) atoms. The largest absolute Gasteiger partial charge is 0.486 e. The average molecular weight is 479 g/mol. The van der Waals surface area contributed by atoms with Gasteiger partial charge in [-0.2, -0.15) is 4.98 Å². The summed E-state index contributed by atoms with van der Waals surface area (Å²) in [5.41, 5.74) is 1.59. The molecule has 0 fully saturated rings. The number of amides is 1. The van der Waals surface area contributed by atoms with Gasteiger partial charge in [-0.25, -0.2) is 4.98 Å². The number of nitrogens with one attached hydrogen (secondary N) is 3. The van der Waals surface area contributed by atoms with Gasteiger partial charge in [0.15, 0.2) is 0 Å². The lowest BCUT2D eigenvalue weighted by Gasteiger charge is -2.15. The van der Waals surface area contributed by atoms with Crippen LogP contribution in [0.3, 0.4) is 0 Å². The van der Waals surface area contributed by atoms with Crippen molar-refractivity contribution in [2.75, 3.05) is 10.6 Å². The predicted octanol–water partition coefficient (Wildman–Crippen LogP) is 4.47. The van der Waals surface area contributed by atoms with E-state index < -0.39 is 6.04 Å². The van der Waals surface area contributed by atoms with Crippen molar-refractivity contribution < 1.29 is 9.53 Å². The van der Waals surface area contributed by atoms with Crippen molar-refractivity contribution in [3.05, 3.63) is 81.5 Å². The molecule has 0 saturated heterocycles. The van der Waals surface area contributed by atoms with E-state index in [-0.39, 0.29) is 24.0 Å². The molecular weight excluding hydrogens is 456 g/mol. The van der Waals surface area contributed by atoms with Crippen LogP contribution in [0.1, 0.15) is 37.6 Å². The summed E-state index contributed by atoms with van der Waals surface area (Å²) in [5, 5.41) is 6.96. The molecule has 4 aromatic rings. The van der Waals surface area contributed by atoms with Crippen LogP contribution in [0.5, 0.6) is 5.75 Å². The molecule has 0 aliphatic heterocycles. The molecule has 0 bridgehead atoms. The van der Waals surface area contributed by atoms with Gasteiger partial charge in [-0.3, -0.25) is 14.6 Å². The van der Waals surface area contributed by atoms with E-state index in [1.165, 1.54) is 6.20 Å². The predicted molar refractivity (Wildman–Crippen MR) is 131 cm³/mol. The smallest absolute Gasteiger partial charge is 0.253 e.